The zero-order valence-corrected chi connectivity index (χ0v) is 32.8. The zero-order chi connectivity index (χ0) is 36.7. The standard InChI is InChI=1S/C36H55N5O7Si/c1-22-17-25(40(12)32(42)46-34(3,4)5)19-27(37-22)38-30-23(2)28(29-31(39-30)45-21-44-29)24-15-16-41(33(43)47-35(6,7)8)20-26(18-24)48-49(13,14)36(9,10)11/h15,17,19,26H,16,18,20-21H2,1-14H3,(H,37,38,39). The van der Waals surface area contributed by atoms with Crippen molar-refractivity contribution in [3.63, 3.8) is 0 Å². The summed E-state index contributed by atoms with van der Waals surface area (Å²) in [6.45, 7) is 26.7. The highest BCUT2D eigenvalue weighted by Gasteiger charge is 2.41. The predicted molar refractivity (Wildman–Crippen MR) is 194 cm³/mol. The number of nitrogens with one attached hydrogen (secondary N) is 1. The quantitative estimate of drug-likeness (QED) is 0.295. The number of carbonyl (C=O) groups excluding carboxylic acids is 2. The molecule has 2 aliphatic rings. The van der Waals surface area contributed by atoms with Crippen molar-refractivity contribution in [3.05, 3.63) is 35.0 Å². The van der Waals surface area contributed by atoms with Gasteiger partial charge in [-0.2, -0.15) is 4.98 Å². The Labute approximate surface area is 292 Å². The Balaban J connectivity index is 1.74. The minimum absolute atomic E-state index is 0.0287. The topological polar surface area (TPSA) is 125 Å². The highest BCUT2D eigenvalue weighted by atomic mass is 28.4. The molecule has 0 fully saturated rings. The van der Waals surface area contributed by atoms with Crippen LogP contribution in [0.5, 0.6) is 11.6 Å². The number of pyridine rings is 2. The van der Waals surface area contributed by atoms with E-state index in [4.69, 9.17) is 28.4 Å². The number of amides is 2. The summed E-state index contributed by atoms with van der Waals surface area (Å²) >= 11 is 0. The van der Waals surface area contributed by atoms with E-state index in [-0.39, 0.29) is 24.0 Å². The number of hydrogen-bond donors (Lipinski definition) is 1. The number of aromatic nitrogens is 2. The second kappa shape index (κ2) is 13.8. The smallest absolute Gasteiger partial charge is 0.414 e. The highest BCUT2D eigenvalue weighted by Crippen LogP contribution is 2.46. The van der Waals surface area contributed by atoms with E-state index < -0.39 is 25.6 Å². The summed E-state index contributed by atoms with van der Waals surface area (Å²) in [4.78, 5) is 38.8. The fourth-order valence-electron chi connectivity index (χ4n) is 5.27. The van der Waals surface area contributed by atoms with Gasteiger partial charge in [0.05, 0.1) is 11.8 Å². The molecule has 0 aromatic carbocycles. The van der Waals surface area contributed by atoms with E-state index in [1.807, 2.05) is 67.5 Å². The van der Waals surface area contributed by atoms with E-state index in [0.29, 0.717) is 54.2 Å². The van der Waals surface area contributed by atoms with Crippen LogP contribution in [0.4, 0.5) is 26.9 Å². The van der Waals surface area contributed by atoms with Gasteiger partial charge in [0.2, 0.25) is 6.79 Å². The van der Waals surface area contributed by atoms with E-state index in [0.717, 1.165) is 16.7 Å². The number of ether oxygens (including phenoxy) is 4. The van der Waals surface area contributed by atoms with Crippen molar-refractivity contribution in [1.82, 2.24) is 14.9 Å². The van der Waals surface area contributed by atoms with Gasteiger partial charge in [-0.05, 0) is 91.6 Å². The molecule has 0 saturated carbocycles. The third kappa shape index (κ3) is 9.44. The Morgan fingerprint density at radius 1 is 0.980 bits per heavy atom. The van der Waals surface area contributed by atoms with Gasteiger partial charge < -0.3 is 33.6 Å². The molecule has 0 spiro atoms. The van der Waals surface area contributed by atoms with E-state index in [2.05, 4.69) is 44.2 Å². The number of hydrogen-bond acceptors (Lipinski definition) is 10. The minimum Gasteiger partial charge on any atom is -0.451 e. The second-order valence-corrected chi connectivity index (χ2v) is 21.1. The van der Waals surface area contributed by atoms with Gasteiger partial charge in [-0.15, -0.1) is 0 Å². The molecule has 4 rings (SSSR count). The first-order valence-corrected chi connectivity index (χ1v) is 19.7. The van der Waals surface area contributed by atoms with Gasteiger partial charge in [-0.25, -0.2) is 14.6 Å². The van der Waals surface area contributed by atoms with Crippen LogP contribution >= 0.6 is 0 Å². The van der Waals surface area contributed by atoms with Crippen LogP contribution < -0.4 is 19.7 Å². The Morgan fingerprint density at radius 3 is 2.24 bits per heavy atom. The molecule has 12 nitrogen and oxygen atoms in total. The van der Waals surface area contributed by atoms with Crippen LogP contribution in [0.2, 0.25) is 18.1 Å². The predicted octanol–water partition coefficient (Wildman–Crippen LogP) is 8.35. The lowest BCUT2D eigenvalue weighted by molar-refractivity contribution is 0.0195. The van der Waals surface area contributed by atoms with Gasteiger partial charge in [-0.1, -0.05) is 26.8 Å². The van der Waals surface area contributed by atoms with Crippen molar-refractivity contribution in [2.75, 3.05) is 37.1 Å². The number of aryl methyl sites for hydroxylation is 1. The number of anilines is 3. The summed E-state index contributed by atoms with van der Waals surface area (Å²) in [5, 5.41) is 3.34. The van der Waals surface area contributed by atoms with Crippen LogP contribution in [0.15, 0.2) is 18.2 Å². The molecule has 1 unspecified atom stereocenters. The summed E-state index contributed by atoms with van der Waals surface area (Å²) in [6.07, 6.45) is 1.45. The maximum absolute atomic E-state index is 13.4. The first-order valence-electron chi connectivity index (χ1n) is 16.8. The van der Waals surface area contributed by atoms with Gasteiger partial charge in [0.25, 0.3) is 5.88 Å². The highest BCUT2D eigenvalue weighted by molar-refractivity contribution is 6.74. The summed E-state index contributed by atoms with van der Waals surface area (Å²) in [5.74, 6) is 1.93. The van der Waals surface area contributed by atoms with Crippen LogP contribution in [0.25, 0.3) is 5.57 Å². The third-order valence-electron chi connectivity index (χ3n) is 8.67. The van der Waals surface area contributed by atoms with Gasteiger partial charge in [0, 0.05) is 43.0 Å². The largest absolute Gasteiger partial charge is 0.451 e. The average Bonchev–Trinajstić information content (AvgIpc) is 3.29. The molecule has 0 radical (unpaired) electrons. The monoisotopic (exact) mass is 697 g/mol. The molecule has 0 aliphatic carbocycles. The zero-order valence-electron chi connectivity index (χ0n) is 31.8. The summed E-state index contributed by atoms with van der Waals surface area (Å²) in [5.41, 5.74) is 2.66. The van der Waals surface area contributed by atoms with Gasteiger partial charge >= 0.3 is 12.2 Å². The average molecular weight is 698 g/mol. The molecule has 0 bridgehead atoms. The summed E-state index contributed by atoms with van der Waals surface area (Å²) in [7, 11) is -0.563. The molecule has 2 aromatic heterocycles. The van der Waals surface area contributed by atoms with Crippen LogP contribution in [-0.4, -0.2) is 79.6 Å². The van der Waals surface area contributed by atoms with E-state index >= 15 is 0 Å². The molecule has 1 N–H and O–H groups in total. The molecule has 2 aromatic rings. The van der Waals surface area contributed by atoms with Crippen LogP contribution in [0.1, 0.15) is 85.6 Å². The summed E-state index contributed by atoms with van der Waals surface area (Å²) < 4.78 is 30.2. The third-order valence-corrected chi connectivity index (χ3v) is 13.2. The lowest BCUT2D eigenvalue weighted by atomic mass is 9.95. The number of fused-ring (bicyclic) bond motifs is 1. The van der Waals surface area contributed by atoms with Crippen molar-refractivity contribution >= 4 is 43.4 Å². The Morgan fingerprint density at radius 2 is 1.63 bits per heavy atom. The van der Waals surface area contributed by atoms with Crippen LogP contribution in [0, 0.1) is 13.8 Å². The minimum atomic E-state index is -2.23. The number of rotatable bonds is 6. The first kappa shape index (κ1) is 38.0. The number of carbonyl (C=O) groups is 2. The lowest BCUT2D eigenvalue weighted by Crippen LogP contribution is -2.48. The fraction of sp³-hybridized carbons (Fsp3) is 0.611. The van der Waals surface area contributed by atoms with Crippen molar-refractivity contribution < 1.29 is 33.0 Å². The number of nitrogens with zero attached hydrogens (tertiary/aromatic N) is 4. The summed E-state index contributed by atoms with van der Waals surface area (Å²) in [6, 6.07) is 3.59. The van der Waals surface area contributed by atoms with Crippen molar-refractivity contribution in [1.29, 1.82) is 0 Å². The Bertz CT molecular complexity index is 1600. The SMILES string of the molecule is Cc1cc(N(C)C(=O)OC(C)(C)C)cc(Nc2nc3c(c(C4=CCN(C(=O)OC(C)(C)C)CC(O[Si](C)(C)C(C)(C)C)C4)c2C)OCO3)n1. The molecule has 2 aliphatic heterocycles. The molecular formula is C36H55N5O7Si. The molecule has 2 amide bonds. The molecule has 49 heavy (non-hydrogen) atoms. The maximum atomic E-state index is 13.4. The maximum Gasteiger partial charge on any atom is 0.414 e. The molecule has 0 saturated heterocycles. The van der Waals surface area contributed by atoms with Gasteiger partial charge in [0.1, 0.15) is 22.8 Å². The molecule has 4 heterocycles. The molecule has 13 heteroatoms. The first-order chi connectivity index (χ1) is 22.4. The molecular weight excluding hydrogens is 643 g/mol. The van der Waals surface area contributed by atoms with Crippen LogP contribution in [-0.2, 0) is 13.9 Å². The van der Waals surface area contributed by atoms with E-state index in [9.17, 15) is 9.59 Å². The molecule has 1 atom stereocenters. The fourth-order valence-corrected chi connectivity index (χ4v) is 6.61. The Hall–Kier alpha value is -3.84. The van der Waals surface area contributed by atoms with E-state index in [1.54, 1.807) is 18.0 Å². The van der Waals surface area contributed by atoms with Crippen molar-refractivity contribution in [2.24, 2.45) is 0 Å². The van der Waals surface area contributed by atoms with E-state index in [1.165, 1.54) is 4.90 Å². The van der Waals surface area contributed by atoms with Crippen molar-refractivity contribution in [3.8, 4) is 11.6 Å². The van der Waals surface area contributed by atoms with Crippen LogP contribution in [0.3, 0.4) is 0 Å². The van der Waals surface area contributed by atoms with Crippen molar-refractivity contribution in [2.45, 2.75) is 118 Å². The van der Waals surface area contributed by atoms with Gasteiger partial charge in [0.15, 0.2) is 14.1 Å². The normalized spacial score (nSPS) is 16.9. The molecule has 270 valence electrons. The Kier molecular flexibility index (Phi) is 10.7. The lowest BCUT2D eigenvalue weighted by Gasteiger charge is -2.40. The van der Waals surface area contributed by atoms with Gasteiger partial charge in [-0.3, -0.25) is 4.90 Å². The second-order valence-electron chi connectivity index (χ2n) is 16.3.